The fourth-order valence-corrected chi connectivity index (χ4v) is 6.38. The van der Waals surface area contributed by atoms with Crippen LogP contribution in [0.2, 0.25) is 0 Å². The third kappa shape index (κ3) is 5.15. The summed E-state index contributed by atoms with van der Waals surface area (Å²) in [5.74, 6) is 1.13. The number of piperidine rings is 4. The van der Waals surface area contributed by atoms with E-state index in [0.717, 1.165) is 58.2 Å². The van der Waals surface area contributed by atoms with E-state index in [9.17, 15) is 14.4 Å². The van der Waals surface area contributed by atoms with Crippen molar-refractivity contribution >= 4 is 18.0 Å². The van der Waals surface area contributed by atoms with Gasteiger partial charge in [-0.15, -0.1) is 0 Å². The highest BCUT2D eigenvalue weighted by atomic mass is 16.2. The monoisotopic (exact) mass is 467 g/mol. The topological polar surface area (TPSA) is 85.0 Å². The highest BCUT2D eigenvalue weighted by molar-refractivity contribution is 5.78. The fraction of sp³-hybridized carbons (Fsp3) is 0.654. The minimum atomic E-state index is -0.129. The Morgan fingerprint density at radius 2 is 1.76 bits per heavy atom. The van der Waals surface area contributed by atoms with Crippen LogP contribution in [0.15, 0.2) is 30.3 Å². The molecule has 1 aromatic rings. The Kier molecular flexibility index (Phi) is 6.92. The number of urea groups is 2. The van der Waals surface area contributed by atoms with Gasteiger partial charge in [0.15, 0.2) is 0 Å². The molecule has 2 N–H and O–H groups in total. The first-order chi connectivity index (χ1) is 16.6. The van der Waals surface area contributed by atoms with Gasteiger partial charge in [-0.1, -0.05) is 30.3 Å². The average Bonchev–Trinajstić information content (AvgIpc) is 2.85. The van der Waals surface area contributed by atoms with E-state index in [2.05, 4.69) is 27.7 Å². The standard InChI is InChI=1S/C26H37N5O3/c32-24-8-4-7-23-21-15-20(17-31(23)24)16-30(18-21)26(34)29-13-10-22(11-14-29)28-25(33)27-12-9-19-5-2-1-3-6-19/h1-3,5-6,20-23H,4,7-18H2,(H2,27,28,33)/t20?,21?,23-/m1/s1. The van der Waals surface area contributed by atoms with Crippen molar-refractivity contribution in [1.29, 1.82) is 0 Å². The first-order valence-corrected chi connectivity index (χ1v) is 13.0. The molecule has 4 heterocycles. The van der Waals surface area contributed by atoms with Gasteiger partial charge in [0.05, 0.1) is 0 Å². The number of carbonyl (C=O) groups is 3. The van der Waals surface area contributed by atoms with Gasteiger partial charge in [0.2, 0.25) is 5.91 Å². The zero-order chi connectivity index (χ0) is 23.5. The third-order valence-electron chi connectivity index (χ3n) is 8.09. The number of amides is 5. The first-order valence-electron chi connectivity index (χ1n) is 13.0. The Balaban J connectivity index is 1.05. The van der Waals surface area contributed by atoms with Gasteiger partial charge in [-0.2, -0.15) is 0 Å². The van der Waals surface area contributed by atoms with Gasteiger partial charge in [-0.05, 0) is 55.9 Å². The highest BCUT2D eigenvalue weighted by Gasteiger charge is 2.45. The molecule has 34 heavy (non-hydrogen) atoms. The van der Waals surface area contributed by atoms with E-state index in [1.807, 2.05) is 28.0 Å². The summed E-state index contributed by atoms with van der Waals surface area (Å²) in [5, 5.41) is 6.02. The zero-order valence-electron chi connectivity index (χ0n) is 20.0. The Morgan fingerprint density at radius 3 is 2.56 bits per heavy atom. The van der Waals surface area contributed by atoms with Crippen molar-refractivity contribution in [3.63, 3.8) is 0 Å². The van der Waals surface area contributed by atoms with E-state index in [1.54, 1.807) is 0 Å². The number of benzene rings is 1. The molecule has 0 saturated carbocycles. The number of hydrogen-bond acceptors (Lipinski definition) is 3. The maximum absolute atomic E-state index is 13.3. The van der Waals surface area contributed by atoms with Crippen LogP contribution in [0, 0.1) is 11.8 Å². The molecule has 0 spiro atoms. The molecule has 2 bridgehead atoms. The van der Waals surface area contributed by atoms with Gasteiger partial charge in [-0.3, -0.25) is 4.79 Å². The molecule has 0 aliphatic carbocycles. The summed E-state index contributed by atoms with van der Waals surface area (Å²) < 4.78 is 0. The lowest BCUT2D eigenvalue weighted by molar-refractivity contribution is -0.144. The number of nitrogens with one attached hydrogen (secondary N) is 2. The predicted molar refractivity (Wildman–Crippen MR) is 129 cm³/mol. The van der Waals surface area contributed by atoms with E-state index in [4.69, 9.17) is 0 Å². The van der Waals surface area contributed by atoms with Crippen LogP contribution in [0.25, 0.3) is 0 Å². The number of nitrogens with zero attached hydrogens (tertiary/aromatic N) is 3. The molecule has 4 fully saturated rings. The summed E-state index contributed by atoms with van der Waals surface area (Å²) in [6.45, 7) is 4.30. The van der Waals surface area contributed by atoms with Gasteiger partial charge in [0.1, 0.15) is 0 Å². The van der Waals surface area contributed by atoms with Crippen LogP contribution in [0.1, 0.15) is 44.1 Å². The number of hydrogen-bond donors (Lipinski definition) is 2. The van der Waals surface area contributed by atoms with E-state index in [-0.39, 0.29) is 18.1 Å². The molecule has 4 saturated heterocycles. The molecule has 4 aliphatic rings. The van der Waals surface area contributed by atoms with Gasteiger partial charge >= 0.3 is 12.1 Å². The van der Waals surface area contributed by atoms with E-state index < -0.39 is 0 Å². The van der Waals surface area contributed by atoms with Crippen molar-refractivity contribution in [2.24, 2.45) is 11.8 Å². The number of rotatable bonds is 4. The van der Waals surface area contributed by atoms with E-state index >= 15 is 0 Å². The van der Waals surface area contributed by atoms with Crippen LogP contribution in [-0.2, 0) is 11.2 Å². The minimum Gasteiger partial charge on any atom is -0.339 e. The van der Waals surface area contributed by atoms with Crippen molar-refractivity contribution in [1.82, 2.24) is 25.3 Å². The molecule has 8 heteroatoms. The number of likely N-dealkylation sites (tertiary alicyclic amines) is 2. The minimum absolute atomic E-state index is 0.100. The van der Waals surface area contributed by atoms with Gasteiger partial charge in [-0.25, -0.2) is 9.59 Å². The predicted octanol–water partition coefficient (Wildman–Crippen LogP) is 2.45. The van der Waals surface area contributed by atoms with Crippen LogP contribution in [0.4, 0.5) is 9.59 Å². The molecule has 184 valence electrons. The van der Waals surface area contributed by atoms with Crippen LogP contribution in [-0.4, -0.2) is 84.0 Å². The lowest BCUT2D eigenvalue weighted by Gasteiger charge is -2.53. The molecule has 0 aromatic heterocycles. The van der Waals surface area contributed by atoms with Crippen LogP contribution < -0.4 is 10.6 Å². The zero-order valence-corrected chi connectivity index (χ0v) is 20.0. The van der Waals surface area contributed by atoms with Crippen molar-refractivity contribution in [3.05, 3.63) is 35.9 Å². The molecule has 3 atom stereocenters. The van der Waals surface area contributed by atoms with Crippen LogP contribution in [0.5, 0.6) is 0 Å². The largest absolute Gasteiger partial charge is 0.339 e. The second kappa shape index (κ2) is 10.2. The summed E-state index contributed by atoms with van der Waals surface area (Å²) in [4.78, 5) is 44.0. The van der Waals surface area contributed by atoms with Crippen LogP contribution in [0.3, 0.4) is 0 Å². The van der Waals surface area contributed by atoms with Gasteiger partial charge in [0, 0.05) is 57.8 Å². The second-order valence-electron chi connectivity index (χ2n) is 10.5. The van der Waals surface area contributed by atoms with Gasteiger partial charge < -0.3 is 25.3 Å². The summed E-state index contributed by atoms with van der Waals surface area (Å²) in [5.41, 5.74) is 1.21. The van der Waals surface area contributed by atoms with E-state index in [0.29, 0.717) is 49.8 Å². The van der Waals surface area contributed by atoms with Crippen molar-refractivity contribution in [2.45, 2.75) is 57.0 Å². The average molecular weight is 468 g/mol. The second-order valence-corrected chi connectivity index (χ2v) is 10.5. The molecule has 5 rings (SSSR count). The van der Waals surface area contributed by atoms with Crippen LogP contribution >= 0.6 is 0 Å². The van der Waals surface area contributed by atoms with Gasteiger partial charge in [0.25, 0.3) is 0 Å². The lowest BCUT2D eigenvalue weighted by Crippen LogP contribution is -2.62. The van der Waals surface area contributed by atoms with Crippen molar-refractivity contribution in [3.8, 4) is 0 Å². The SMILES string of the molecule is O=C(NCCc1ccccc1)NC1CCN(C(=O)N2CC3CC(C2)[C@H]2CCCC(=O)N2C3)CC1. The van der Waals surface area contributed by atoms with Crippen molar-refractivity contribution in [2.75, 3.05) is 39.3 Å². The maximum Gasteiger partial charge on any atom is 0.320 e. The Hall–Kier alpha value is -2.77. The Morgan fingerprint density at radius 1 is 0.971 bits per heavy atom. The summed E-state index contributed by atoms with van der Waals surface area (Å²) in [6, 6.07) is 10.6. The lowest BCUT2D eigenvalue weighted by atomic mass is 9.76. The molecule has 5 amide bonds. The summed E-state index contributed by atoms with van der Waals surface area (Å²) >= 11 is 0. The fourth-order valence-electron chi connectivity index (χ4n) is 6.38. The summed E-state index contributed by atoms with van der Waals surface area (Å²) in [6.07, 6.45) is 6.26. The van der Waals surface area contributed by atoms with Crippen molar-refractivity contribution < 1.29 is 14.4 Å². The maximum atomic E-state index is 13.3. The molecular formula is C26H37N5O3. The molecule has 4 aliphatic heterocycles. The first kappa shape index (κ1) is 23.0. The molecule has 0 radical (unpaired) electrons. The molecule has 1 aromatic carbocycles. The number of carbonyl (C=O) groups excluding carboxylic acids is 3. The number of fused-ring (bicyclic) bond motifs is 4. The van der Waals surface area contributed by atoms with E-state index in [1.165, 1.54) is 5.56 Å². The summed E-state index contributed by atoms with van der Waals surface area (Å²) in [7, 11) is 0. The Labute approximate surface area is 202 Å². The molecule has 2 unspecified atom stereocenters. The third-order valence-corrected chi connectivity index (χ3v) is 8.09. The highest BCUT2D eigenvalue weighted by Crippen LogP contribution is 2.38. The molecule has 8 nitrogen and oxygen atoms in total. The normalized spacial score (nSPS) is 27.2. The molecular weight excluding hydrogens is 430 g/mol. The quantitative estimate of drug-likeness (QED) is 0.713. The smallest absolute Gasteiger partial charge is 0.320 e. The Bertz CT molecular complexity index is 886.